The molecule has 108 valence electrons. The number of hydrogen-bond acceptors (Lipinski definition) is 2. The van der Waals surface area contributed by atoms with Crippen LogP contribution in [-0.4, -0.2) is 13.1 Å². The van der Waals surface area contributed by atoms with E-state index in [1.165, 1.54) is 24.1 Å². The number of nitrogens with two attached hydrogens (primary N) is 1. The maximum atomic E-state index is 5.91. The third-order valence-electron chi connectivity index (χ3n) is 3.57. The zero-order valence-electron chi connectivity index (χ0n) is 13.2. The van der Waals surface area contributed by atoms with Crippen molar-refractivity contribution in [1.82, 2.24) is 0 Å². The fraction of sp³-hybridized carbons (Fsp3) is 0.647. The Kier molecular flexibility index (Phi) is 6.20. The first-order valence-corrected chi connectivity index (χ1v) is 7.51. The minimum atomic E-state index is 0.747. The second kappa shape index (κ2) is 7.42. The van der Waals surface area contributed by atoms with Crippen LogP contribution in [0.5, 0.6) is 0 Å². The van der Waals surface area contributed by atoms with Gasteiger partial charge < -0.3 is 10.6 Å². The summed E-state index contributed by atoms with van der Waals surface area (Å²) in [5.74, 6) is 1.49. The van der Waals surface area contributed by atoms with Crippen LogP contribution in [0.25, 0.3) is 0 Å². The highest BCUT2D eigenvalue weighted by Crippen LogP contribution is 2.22. The van der Waals surface area contributed by atoms with Crippen LogP contribution in [0.1, 0.15) is 46.1 Å². The first kappa shape index (κ1) is 15.9. The Morgan fingerprint density at radius 1 is 1.00 bits per heavy atom. The largest absolute Gasteiger partial charge is 0.399 e. The van der Waals surface area contributed by atoms with Gasteiger partial charge in [-0.3, -0.25) is 0 Å². The monoisotopic (exact) mass is 262 g/mol. The smallest absolute Gasteiger partial charge is 0.0370 e. The van der Waals surface area contributed by atoms with Crippen molar-refractivity contribution in [2.24, 2.45) is 11.8 Å². The average Bonchev–Trinajstić information content (AvgIpc) is 2.32. The summed E-state index contributed by atoms with van der Waals surface area (Å²) >= 11 is 0. The Hall–Kier alpha value is -1.18. The minimum absolute atomic E-state index is 0.747. The molecule has 2 nitrogen and oxygen atoms in total. The highest BCUT2D eigenvalue weighted by atomic mass is 15.1. The van der Waals surface area contributed by atoms with E-state index in [1.807, 2.05) is 6.07 Å². The van der Waals surface area contributed by atoms with Crippen molar-refractivity contribution in [2.75, 3.05) is 23.7 Å². The van der Waals surface area contributed by atoms with E-state index >= 15 is 0 Å². The van der Waals surface area contributed by atoms with E-state index < -0.39 is 0 Å². The van der Waals surface area contributed by atoms with Gasteiger partial charge in [0.2, 0.25) is 0 Å². The van der Waals surface area contributed by atoms with Crippen molar-refractivity contribution < 1.29 is 0 Å². The molecule has 0 atom stereocenters. The predicted molar refractivity (Wildman–Crippen MR) is 86.7 cm³/mol. The third kappa shape index (κ3) is 5.54. The van der Waals surface area contributed by atoms with Crippen LogP contribution in [0.3, 0.4) is 0 Å². The fourth-order valence-corrected chi connectivity index (χ4v) is 2.05. The number of anilines is 2. The number of nitrogens with zero attached hydrogens (tertiary/aromatic N) is 1. The number of hydrogen-bond donors (Lipinski definition) is 1. The van der Waals surface area contributed by atoms with Gasteiger partial charge in [0.1, 0.15) is 0 Å². The summed E-state index contributed by atoms with van der Waals surface area (Å²) in [4.78, 5) is 2.51. The van der Waals surface area contributed by atoms with Crippen LogP contribution >= 0.6 is 0 Å². The van der Waals surface area contributed by atoms with Crippen LogP contribution in [0.4, 0.5) is 11.4 Å². The summed E-state index contributed by atoms with van der Waals surface area (Å²) in [7, 11) is 0. The van der Waals surface area contributed by atoms with Gasteiger partial charge in [0.25, 0.3) is 0 Å². The highest BCUT2D eigenvalue weighted by molar-refractivity contribution is 5.58. The van der Waals surface area contributed by atoms with Crippen molar-refractivity contribution in [3.63, 3.8) is 0 Å². The molecule has 0 radical (unpaired) electrons. The lowest BCUT2D eigenvalue weighted by atomic mass is 10.1. The van der Waals surface area contributed by atoms with E-state index in [1.54, 1.807) is 0 Å². The summed E-state index contributed by atoms with van der Waals surface area (Å²) in [6, 6.07) is 6.40. The first-order valence-electron chi connectivity index (χ1n) is 7.51. The molecule has 0 aliphatic carbocycles. The topological polar surface area (TPSA) is 29.3 Å². The molecule has 0 bridgehead atoms. The van der Waals surface area contributed by atoms with Crippen molar-refractivity contribution in [3.05, 3.63) is 23.8 Å². The second-order valence-corrected chi connectivity index (χ2v) is 6.39. The molecule has 2 N–H and O–H groups in total. The number of aryl methyl sites for hydroxylation is 1. The maximum absolute atomic E-state index is 5.91. The van der Waals surface area contributed by atoms with Gasteiger partial charge in [-0.1, -0.05) is 27.7 Å². The van der Waals surface area contributed by atoms with Gasteiger partial charge in [-0.2, -0.15) is 0 Å². The zero-order chi connectivity index (χ0) is 14.4. The molecule has 0 aliphatic rings. The summed E-state index contributed by atoms with van der Waals surface area (Å²) in [5, 5.41) is 0. The van der Waals surface area contributed by atoms with Crippen molar-refractivity contribution in [3.8, 4) is 0 Å². The van der Waals surface area contributed by atoms with Crippen molar-refractivity contribution in [1.29, 1.82) is 0 Å². The van der Waals surface area contributed by atoms with E-state index in [0.717, 1.165) is 30.6 Å². The van der Waals surface area contributed by atoms with Gasteiger partial charge in [0.15, 0.2) is 0 Å². The normalized spacial score (nSPS) is 11.3. The van der Waals surface area contributed by atoms with Crippen LogP contribution < -0.4 is 10.6 Å². The predicted octanol–water partition coefficient (Wildman–Crippen LogP) is 4.48. The molecule has 0 heterocycles. The summed E-state index contributed by atoms with van der Waals surface area (Å²) < 4.78 is 0. The number of rotatable bonds is 7. The standard InChI is InChI=1S/C17H30N2/c1-13(2)8-10-19(11-9-14(3)4)16-6-7-17(18)15(5)12-16/h6-7,12-14H,8-11,18H2,1-5H3. The molecule has 1 aromatic rings. The Balaban J connectivity index is 2.78. The average molecular weight is 262 g/mol. The summed E-state index contributed by atoms with van der Waals surface area (Å²) in [5.41, 5.74) is 9.29. The van der Waals surface area contributed by atoms with E-state index in [-0.39, 0.29) is 0 Å². The molecule has 0 unspecified atom stereocenters. The summed E-state index contributed by atoms with van der Waals surface area (Å²) in [6.45, 7) is 13.5. The van der Waals surface area contributed by atoms with Gasteiger partial charge in [0, 0.05) is 24.5 Å². The van der Waals surface area contributed by atoms with Gasteiger partial charge in [-0.05, 0) is 55.4 Å². The molecule has 19 heavy (non-hydrogen) atoms. The Bertz CT molecular complexity index is 371. The minimum Gasteiger partial charge on any atom is -0.399 e. The number of benzene rings is 1. The third-order valence-corrected chi connectivity index (χ3v) is 3.57. The molecule has 0 saturated heterocycles. The van der Waals surface area contributed by atoms with Crippen LogP contribution in [0.2, 0.25) is 0 Å². The Morgan fingerprint density at radius 2 is 1.53 bits per heavy atom. The van der Waals surface area contributed by atoms with Gasteiger partial charge in [-0.15, -0.1) is 0 Å². The van der Waals surface area contributed by atoms with Gasteiger partial charge in [-0.25, -0.2) is 0 Å². The molecule has 2 heteroatoms. The SMILES string of the molecule is Cc1cc(N(CCC(C)C)CCC(C)C)ccc1N. The highest BCUT2D eigenvalue weighted by Gasteiger charge is 2.09. The molecule has 0 aromatic heterocycles. The molecule has 0 aliphatic heterocycles. The molecule has 0 amide bonds. The van der Waals surface area contributed by atoms with E-state index in [0.29, 0.717) is 0 Å². The first-order chi connectivity index (χ1) is 8.90. The number of nitrogen functional groups attached to an aromatic ring is 1. The zero-order valence-corrected chi connectivity index (χ0v) is 13.2. The molecular weight excluding hydrogens is 232 g/mol. The van der Waals surface area contributed by atoms with Crippen LogP contribution in [0.15, 0.2) is 18.2 Å². The maximum Gasteiger partial charge on any atom is 0.0370 e. The Labute approximate surface area is 119 Å². The molecule has 0 spiro atoms. The molecule has 0 fully saturated rings. The molecule has 1 rings (SSSR count). The van der Waals surface area contributed by atoms with Crippen molar-refractivity contribution >= 4 is 11.4 Å². The van der Waals surface area contributed by atoms with E-state index in [4.69, 9.17) is 5.73 Å². The quantitative estimate of drug-likeness (QED) is 0.734. The lowest BCUT2D eigenvalue weighted by Gasteiger charge is -2.27. The van der Waals surface area contributed by atoms with Crippen LogP contribution in [-0.2, 0) is 0 Å². The molecule has 1 aromatic carbocycles. The van der Waals surface area contributed by atoms with Crippen LogP contribution in [0, 0.1) is 18.8 Å². The lowest BCUT2D eigenvalue weighted by Crippen LogP contribution is -2.27. The second-order valence-electron chi connectivity index (χ2n) is 6.39. The van der Waals surface area contributed by atoms with Crippen molar-refractivity contribution in [2.45, 2.75) is 47.5 Å². The van der Waals surface area contributed by atoms with Gasteiger partial charge >= 0.3 is 0 Å². The van der Waals surface area contributed by atoms with E-state index in [9.17, 15) is 0 Å². The molecular formula is C17H30N2. The summed E-state index contributed by atoms with van der Waals surface area (Å²) in [6.07, 6.45) is 2.48. The van der Waals surface area contributed by atoms with E-state index in [2.05, 4.69) is 51.7 Å². The van der Waals surface area contributed by atoms with Gasteiger partial charge in [0.05, 0.1) is 0 Å². The Morgan fingerprint density at radius 3 is 1.95 bits per heavy atom. The molecule has 0 saturated carbocycles. The lowest BCUT2D eigenvalue weighted by molar-refractivity contribution is 0.535. The fourth-order valence-electron chi connectivity index (χ4n) is 2.05.